The molecule has 5 nitrogen and oxygen atoms in total. The number of hydrogen-bond donors (Lipinski definition) is 1. The second kappa shape index (κ2) is 5.71. The van der Waals surface area contributed by atoms with Crippen molar-refractivity contribution in [3.63, 3.8) is 0 Å². The first-order valence-corrected chi connectivity index (χ1v) is 6.59. The third-order valence-corrected chi connectivity index (χ3v) is 3.06. The average Bonchev–Trinajstić information content (AvgIpc) is 3.09. The van der Waals surface area contributed by atoms with Crippen molar-refractivity contribution in [1.82, 2.24) is 24.9 Å². The van der Waals surface area contributed by atoms with Crippen molar-refractivity contribution >= 4 is 0 Å². The monoisotopic (exact) mass is 267 g/mol. The van der Waals surface area contributed by atoms with Gasteiger partial charge in [-0.05, 0) is 18.2 Å². The Hall–Kier alpha value is -2.40. The van der Waals surface area contributed by atoms with Crippen LogP contribution in [0.1, 0.15) is 11.3 Å². The van der Waals surface area contributed by atoms with Gasteiger partial charge in [-0.25, -0.2) is 4.68 Å². The van der Waals surface area contributed by atoms with E-state index >= 15 is 0 Å². The average molecular weight is 267 g/mol. The Balaban J connectivity index is 1.58. The Morgan fingerprint density at radius 2 is 1.95 bits per heavy atom. The molecule has 20 heavy (non-hydrogen) atoms. The predicted molar refractivity (Wildman–Crippen MR) is 77.3 cm³/mol. The van der Waals surface area contributed by atoms with Crippen molar-refractivity contribution in [1.29, 1.82) is 0 Å². The van der Waals surface area contributed by atoms with Crippen LogP contribution in [0.5, 0.6) is 0 Å². The van der Waals surface area contributed by atoms with E-state index in [1.54, 1.807) is 0 Å². The summed E-state index contributed by atoms with van der Waals surface area (Å²) in [5.74, 6) is 0. The first kappa shape index (κ1) is 12.6. The second-order valence-corrected chi connectivity index (χ2v) is 4.71. The zero-order valence-corrected chi connectivity index (χ0v) is 11.4. The molecule has 0 saturated carbocycles. The summed E-state index contributed by atoms with van der Waals surface area (Å²) in [5.41, 5.74) is 3.27. The number of hydrogen-bond acceptors (Lipinski definition) is 3. The van der Waals surface area contributed by atoms with E-state index in [0.29, 0.717) is 0 Å². The molecule has 1 aromatic carbocycles. The first-order valence-electron chi connectivity index (χ1n) is 6.59. The molecule has 0 saturated heterocycles. The summed E-state index contributed by atoms with van der Waals surface area (Å²) in [7, 11) is 1.92. The summed E-state index contributed by atoms with van der Waals surface area (Å²) in [5, 5.41) is 12.1. The van der Waals surface area contributed by atoms with Crippen LogP contribution in [0.25, 0.3) is 5.69 Å². The quantitative estimate of drug-likeness (QED) is 0.768. The minimum atomic E-state index is 0.761. The summed E-state index contributed by atoms with van der Waals surface area (Å²) in [6.45, 7) is 1.54. The minimum absolute atomic E-state index is 0.761. The molecule has 2 aromatic heterocycles. The zero-order valence-electron chi connectivity index (χ0n) is 11.4. The van der Waals surface area contributed by atoms with Crippen LogP contribution in [0.2, 0.25) is 0 Å². The molecule has 0 bridgehead atoms. The molecule has 0 fully saturated rings. The van der Waals surface area contributed by atoms with Gasteiger partial charge in [0.05, 0.1) is 17.6 Å². The normalized spacial score (nSPS) is 10.8. The minimum Gasteiger partial charge on any atom is -0.307 e. The van der Waals surface area contributed by atoms with E-state index in [4.69, 9.17) is 0 Å². The Morgan fingerprint density at radius 3 is 2.70 bits per heavy atom. The summed E-state index contributed by atoms with van der Waals surface area (Å²) < 4.78 is 3.70. The molecule has 0 amide bonds. The molecular formula is C15H17N5. The van der Waals surface area contributed by atoms with Crippen molar-refractivity contribution in [2.75, 3.05) is 0 Å². The standard InChI is InChI=1S/C15H17N5/c1-19-8-7-14(18-19)11-16-9-13-10-17-20(12-13)15-5-3-2-4-6-15/h2-8,10,12,16H,9,11H2,1H3. The highest BCUT2D eigenvalue weighted by atomic mass is 15.3. The molecule has 0 aliphatic heterocycles. The molecule has 1 N–H and O–H groups in total. The summed E-state index contributed by atoms with van der Waals surface area (Å²) in [6.07, 6.45) is 5.88. The van der Waals surface area contributed by atoms with Crippen LogP contribution >= 0.6 is 0 Å². The topological polar surface area (TPSA) is 47.7 Å². The maximum atomic E-state index is 4.37. The van der Waals surface area contributed by atoms with Crippen molar-refractivity contribution in [2.24, 2.45) is 7.05 Å². The van der Waals surface area contributed by atoms with Crippen molar-refractivity contribution in [3.8, 4) is 5.69 Å². The van der Waals surface area contributed by atoms with Gasteiger partial charge in [-0.1, -0.05) is 18.2 Å². The first-order chi connectivity index (χ1) is 9.81. The lowest BCUT2D eigenvalue weighted by atomic mass is 10.3. The maximum Gasteiger partial charge on any atom is 0.0762 e. The fraction of sp³-hybridized carbons (Fsp3) is 0.200. The van der Waals surface area contributed by atoms with Crippen LogP contribution in [0.15, 0.2) is 55.0 Å². The summed E-state index contributed by atoms with van der Waals surface area (Å²) in [6, 6.07) is 12.1. The fourth-order valence-electron chi connectivity index (χ4n) is 2.07. The molecule has 3 rings (SSSR count). The lowest BCUT2D eigenvalue weighted by Gasteiger charge is -2.01. The van der Waals surface area contributed by atoms with Crippen LogP contribution in [0.3, 0.4) is 0 Å². The van der Waals surface area contributed by atoms with Gasteiger partial charge in [0.15, 0.2) is 0 Å². The highest BCUT2D eigenvalue weighted by molar-refractivity contribution is 5.30. The van der Waals surface area contributed by atoms with E-state index in [2.05, 4.69) is 15.5 Å². The highest BCUT2D eigenvalue weighted by Crippen LogP contribution is 2.07. The van der Waals surface area contributed by atoms with Gasteiger partial charge in [0.2, 0.25) is 0 Å². The summed E-state index contributed by atoms with van der Waals surface area (Å²) in [4.78, 5) is 0. The van der Waals surface area contributed by atoms with Crippen molar-refractivity contribution in [2.45, 2.75) is 13.1 Å². The fourth-order valence-corrected chi connectivity index (χ4v) is 2.07. The number of para-hydroxylation sites is 1. The number of benzene rings is 1. The van der Waals surface area contributed by atoms with Crippen LogP contribution in [-0.2, 0) is 20.1 Å². The Labute approximate surface area is 117 Å². The van der Waals surface area contributed by atoms with E-state index in [9.17, 15) is 0 Å². The van der Waals surface area contributed by atoms with E-state index in [1.807, 2.05) is 71.4 Å². The number of nitrogens with zero attached hydrogens (tertiary/aromatic N) is 4. The number of rotatable bonds is 5. The van der Waals surface area contributed by atoms with Gasteiger partial charge in [0, 0.05) is 38.1 Å². The van der Waals surface area contributed by atoms with E-state index in [-0.39, 0.29) is 0 Å². The highest BCUT2D eigenvalue weighted by Gasteiger charge is 2.01. The Morgan fingerprint density at radius 1 is 1.10 bits per heavy atom. The number of aromatic nitrogens is 4. The van der Waals surface area contributed by atoms with Gasteiger partial charge in [-0.2, -0.15) is 10.2 Å². The Kier molecular flexibility index (Phi) is 3.60. The zero-order chi connectivity index (χ0) is 13.8. The van der Waals surface area contributed by atoms with Gasteiger partial charge < -0.3 is 5.32 Å². The SMILES string of the molecule is Cn1ccc(CNCc2cnn(-c3ccccc3)c2)n1. The molecule has 0 aliphatic rings. The molecular weight excluding hydrogens is 250 g/mol. The molecule has 5 heteroatoms. The third kappa shape index (κ3) is 2.95. The van der Waals surface area contributed by atoms with Gasteiger partial charge >= 0.3 is 0 Å². The summed E-state index contributed by atoms with van der Waals surface area (Å²) >= 11 is 0. The lowest BCUT2D eigenvalue weighted by Crippen LogP contribution is -2.12. The second-order valence-electron chi connectivity index (χ2n) is 4.71. The Bertz CT molecular complexity index is 668. The molecule has 2 heterocycles. The van der Waals surface area contributed by atoms with E-state index < -0.39 is 0 Å². The number of aryl methyl sites for hydroxylation is 1. The lowest BCUT2D eigenvalue weighted by molar-refractivity contribution is 0.656. The van der Waals surface area contributed by atoms with E-state index in [0.717, 1.165) is 30.0 Å². The van der Waals surface area contributed by atoms with Crippen molar-refractivity contribution < 1.29 is 0 Å². The van der Waals surface area contributed by atoms with Crippen LogP contribution in [-0.4, -0.2) is 19.6 Å². The van der Waals surface area contributed by atoms with Crippen molar-refractivity contribution in [3.05, 3.63) is 66.2 Å². The molecule has 0 atom stereocenters. The van der Waals surface area contributed by atoms with Gasteiger partial charge in [0.1, 0.15) is 0 Å². The predicted octanol–water partition coefficient (Wildman–Crippen LogP) is 1.90. The van der Waals surface area contributed by atoms with Crippen LogP contribution < -0.4 is 5.32 Å². The molecule has 3 aromatic rings. The van der Waals surface area contributed by atoms with Crippen LogP contribution in [0.4, 0.5) is 0 Å². The smallest absolute Gasteiger partial charge is 0.0762 e. The molecule has 0 spiro atoms. The largest absolute Gasteiger partial charge is 0.307 e. The third-order valence-electron chi connectivity index (χ3n) is 3.06. The molecule has 0 aliphatic carbocycles. The molecule has 0 radical (unpaired) electrons. The van der Waals surface area contributed by atoms with Gasteiger partial charge in [0.25, 0.3) is 0 Å². The van der Waals surface area contributed by atoms with Gasteiger partial charge in [-0.15, -0.1) is 0 Å². The molecule has 102 valence electrons. The van der Waals surface area contributed by atoms with Gasteiger partial charge in [-0.3, -0.25) is 4.68 Å². The van der Waals surface area contributed by atoms with Crippen LogP contribution in [0, 0.1) is 0 Å². The maximum absolute atomic E-state index is 4.37. The van der Waals surface area contributed by atoms with E-state index in [1.165, 1.54) is 0 Å². The molecule has 0 unspecified atom stereocenters. The number of nitrogens with one attached hydrogen (secondary N) is 1.